The molecule has 0 aliphatic heterocycles. The highest BCUT2D eigenvalue weighted by molar-refractivity contribution is 5.75. The van der Waals surface area contributed by atoms with Gasteiger partial charge in [0.1, 0.15) is 6.04 Å². The first-order valence-electron chi connectivity index (χ1n) is 6.30. The molecule has 1 aromatic carbocycles. The second-order valence-corrected chi connectivity index (χ2v) is 4.41. The molecule has 0 bridgehead atoms. The first kappa shape index (κ1) is 13.3. The zero-order valence-corrected chi connectivity index (χ0v) is 11.3. The summed E-state index contributed by atoms with van der Waals surface area (Å²) in [6.45, 7) is 5.62. The standard InChI is InChI=1S/C14H17N3O2/c1-4-12(18)15-10(3)14-16-13(17-19-14)11-8-6-5-7-9(11)2/h5-8,10H,4H2,1-3H3,(H,15,18)/t10-/m0/s1. The molecule has 19 heavy (non-hydrogen) atoms. The summed E-state index contributed by atoms with van der Waals surface area (Å²) in [5.41, 5.74) is 2.02. The van der Waals surface area contributed by atoms with E-state index in [2.05, 4.69) is 15.5 Å². The highest BCUT2D eigenvalue weighted by Gasteiger charge is 2.17. The van der Waals surface area contributed by atoms with E-state index >= 15 is 0 Å². The van der Waals surface area contributed by atoms with E-state index in [-0.39, 0.29) is 11.9 Å². The van der Waals surface area contributed by atoms with Crippen LogP contribution < -0.4 is 5.32 Å². The highest BCUT2D eigenvalue weighted by Crippen LogP contribution is 2.21. The van der Waals surface area contributed by atoms with Crippen LogP contribution in [0, 0.1) is 6.92 Å². The van der Waals surface area contributed by atoms with Crippen LogP contribution >= 0.6 is 0 Å². The van der Waals surface area contributed by atoms with E-state index in [1.165, 1.54) is 0 Å². The lowest BCUT2D eigenvalue weighted by Crippen LogP contribution is -2.25. The third-order valence-electron chi connectivity index (χ3n) is 2.90. The Balaban J connectivity index is 2.20. The molecule has 5 heteroatoms. The Morgan fingerprint density at radius 1 is 1.42 bits per heavy atom. The van der Waals surface area contributed by atoms with Crippen LogP contribution in [0.15, 0.2) is 28.8 Å². The molecule has 0 aliphatic rings. The van der Waals surface area contributed by atoms with E-state index < -0.39 is 0 Å². The van der Waals surface area contributed by atoms with Gasteiger partial charge in [0.15, 0.2) is 0 Å². The fourth-order valence-electron chi connectivity index (χ4n) is 1.75. The summed E-state index contributed by atoms with van der Waals surface area (Å²) in [5.74, 6) is 0.925. The first-order chi connectivity index (χ1) is 9.11. The minimum atomic E-state index is -0.280. The Bertz CT molecular complexity index is 578. The van der Waals surface area contributed by atoms with Crippen molar-refractivity contribution in [1.29, 1.82) is 0 Å². The summed E-state index contributed by atoms with van der Waals surface area (Å²) < 4.78 is 5.21. The monoisotopic (exact) mass is 259 g/mol. The number of nitrogens with zero attached hydrogens (tertiary/aromatic N) is 2. The maximum absolute atomic E-state index is 11.3. The summed E-state index contributed by atoms with van der Waals surface area (Å²) in [7, 11) is 0. The number of carbonyl (C=O) groups excluding carboxylic acids is 1. The van der Waals surface area contributed by atoms with Crippen molar-refractivity contribution in [1.82, 2.24) is 15.5 Å². The van der Waals surface area contributed by atoms with Crippen molar-refractivity contribution in [3.05, 3.63) is 35.7 Å². The molecule has 0 spiro atoms. The van der Waals surface area contributed by atoms with Crippen LogP contribution in [0.25, 0.3) is 11.4 Å². The van der Waals surface area contributed by atoms with Gasteiger partial charge in [0.05, 0.1) is 0 Å². The number of aromatic nitrogens is 2. The molecule has 1 N–H and O–H groups in total. The predicted molar refractivity (Wildman–Crippen MR) is 71.3 cm³/mol. The van der Waals surface area contributed by atoms with Crippen molar-refractivity contribution in [2.24, 2.45) is 0 Å². The summed E-state index contributed by atoms with van der Waals surface area (Å²) in [6, 6.07) is 7.55. The fourth-order valence-corrected chi connectivity index (χ4v) is 1.75. The Kier molecular flexibility index (Phi) is 3.94. The molecule has 100 valence electrons. The Labute approximate surface area is 112 Å². The van der Waals surface area contributed by atoms with Gasteiger partial charge in [0, 0.05) is 12.0 Å². The predicted octanol–water partition coefficient (Wildman–Crippen LogP) is 2.63. The molecule has 1 atom stereocenters. The number of nitrogens with one attached hydrogen (secondary N) is 1. The first-order valence-corrected chi connectivity index (χ1v) is 6.30. The van der Waals surface area contributed by atoms with Crippen LogP contribution in [0.4, 0.5) is 0 Å². The molecule has 0 saturated heterocycles. The smallest absolute Gasteiger partial charge is 0.249 e. The molecule has 0 saturated carbocycles. The largest absolute Gasteiger partial charge is 0.345 e. The topological polar surface area (TPSA) is 68.0 Å². The second-order valence-electron chi connectivity index (χ2n) is 4.41. The lowest BCUT2D eigenvalue weighted by atomic mass is 10.1. The van der Waals surface area contributed by atoms with Crippen molar-refractivity contribution in [2.75, 3.05) is 0 Å². The van der Waals surface area contributed by atoms with Gasteiger partial charge < -0.3 is 9.84 Å². The van der Waals surface area contributed by atoms with Gasteiger partial charge in [-0.3, -0.25) is 4.79 Å². The zero-order chi connectivity index (χ0) is 13.8. The molecule has 2 aromatic rings. The quantitative estimate of drug-likeness (QED) is 0.916. The number of benzene rings is 1. The minimum absolute atomic E-state index is 0.0388. The Hall–Kier alpha value is -2.17. The third-order valence-corrected chi connectivity index (χ3v) is 2.90. The summed E-state index contributed by atoms with van der Waals surface area (Å²) in [6.07, 6.45) is 0.434. The van der Waals surface area contributed by atoms with Crippen LogP contribution in [0.1, 0.15) is 37.8 Å². The van der Waals surface area contributed by atoms with E-state index in [4.69, 9.17) is 4.52 Å². The molecular weight excluding hydrogens is 242 g/mol. The molecule has 1 heterocycles. The summed E-state index contributed by atoms with van der Waals surface area (Å²) in [4.78, 5) is 15.7. The zero-order valence-electron chi connectivity index (χ0n) is 11.3. The van der Waals surface area contributed by atoms with E-state index in [0.29, 0.717) is 18.1 Å². The van der Waals surface area contributed by atoms with Crippen LogP contribution in [0.5, 0.6) is 0 Å². The highest BCUT2D eigenvalue weighted by atomic mass is 16.5. The Morgan fingerprint density at radius 3 is 2.84 bits per heavy atom. The summed E-state index contributed by atoms with van der Waals surface area (Å²) >= 11 is 0. The van der Waals surface area contributed by atoms with Crippen LogP contribution in [-0.2, 0) is 4.79 Å². The third kappa shape index (κ3) is 2.99. The van der Waals surface area contributed by atoms with Crippen molar-refractivity contribution < 1.29 is 9.32 Å². The number of carbonyl (C=O) groups is 1. The average Bonchev–Trinajstić information content (AvgIpc) is 2.88. The maximum atomic E-state index is 11.3. The van der Waals surface area contributed by atoms with Crippen LogP contribution in [-0.4, -0.2) is 16.0 Å². The second kappa shape index (κ2) is 5.65. The van der Waals surface area contributed by atoms with Crippen molar-refractivity contribution in [3.8, 4) is 11.4 Å². The van der Waals surface area contributed by atoms with E-state index in [1.54, 1.807) is 6.92 Å². The molecule has 0 radical (unpaired) electrons. The van der Waals surface area contributed by atoms with Gasteiger partial charge in [-0.2, -0.15) is 4.98 Å². The number of aryl methyl sites for hydroxylation is 1. The van der Waals surface area contributed by atoms with Crippen molar-refractivity contribution >= 4 is 5.91 Å². The van der Waals surface area contributed by atoms with Crippen LogP contribution in [0.2, 0.25) is 0 Å². The van der Waals surface area contributed by atoms with Gasteiger partial charge in [0.25, 0.3) is 0 Å². The van der Waals surface area contributed by atoms with Crippen LogP contribution in [0.3, 0.4) is 0 Å². The molecule has 0 unspecified atom stereocenters. The van der Waals surface area contributed by atoms with Gasteiger partial charge in [-0.1, -0.05) is 36.3 Å². The lowest BCUT2D eigenvalue weighted by Gasteiger charge is -2.07. The molecular formula is C14H17N3O2. The molecule has 0 aliphatic carbocycles. The number of hydrogen-bond donors (Lipinski definition) is 1. The number of amides is 1. The molecule has 5 nitrogen and oxygen atoms in total. The Morgan fingerprint density at radius 2 is 2.16 bits per heavy atom. The van der Waals surface area contributed by atoms with E-state index in [9.17, 15) is 4.79 Å². The van der Waals surface area contributed by atoms with Crippen molar-refractivity contribution in [3.63, 3.8) is 0 Å². The molecule has 2 rings (SSSR count). The molecule has 1 amide bonds. The normalized spacial score (nSPS) is 12.2. The minimum Gasteiger partial charge on any atom is -0.345 e. The van der Waals surface area contributed by atoms with E-state index in [1.807, 2.05) is 38.1 Å². The SMILES string of the molecule is CCC(=O)N[C@@H](C)c1nc(-c2ccccc2C)no1. The number of hydrogen-bond acceptors (Lipinski definition) is 4. The van der Waals surface area contributed by atoms with Gasteiger partial charge >= 0.3 is 0 Å². The fraction of sp³-hybridized carbons (Fsp3) is 0.357. The van der Waals surface area contributed by atoms with Crippen molar-refractivity contribution in [2.45, 2.75) is 33.2 Å². The maximum Gasteiger partial charge on any atom is 0.249 e. The van der Waals surface area contributed by atoms with Gasteiger partial charge in [-0.05, 0) is 19.4 Å². The summed E-state index contributed by atoms with van der Waals surface area (Å²) in [5, 5.41) is 6.75. The lowest BCUT2D eigenvalue weighted by molar-refractivity contribution is -0.121. The van der Waals surface area contributed by atoms with Gasteiger partial charge in [0.2, 0.25) is 17.6 Å². The average molecular weight is 259 g/mol. The molecule has 1 aromatic heterocycles. The van der Waals surface area contributed by atoms with Gasteiger partial charge in [-0.15, -0.1) is 0 Å². The number of rotatable bonds is 4. The van der Waals surface area contributed by atoms with Gasteiger partial charge in [-0.25, -0.2) is 0 Å². The molecule has 0 fully saturated rings. The van der Waals surface area contributed by atoms with E-state index in [0.717, 1.165) is 11.1 Å².